The average Bonchev–Trinajstić information content (AvgIpc) is 3.49. The summed E-state index contributed by atoms with van der Waals surface area (Å²) in [7, 11) is 0. The minimum absolute atomic E-state index is 0. The van der Waals surface area contributed by atoms with Gasteiger partial charge in [0.05, 0.1) is 5.58 Å². The number of rotatable bonds is 3. The Kier molecular flexibility index (Phi) is 8.30. The van der Waals surface area contributed by atoms with Crippen molar-refractivity contribution >= 4 is 45.0 Å². The summed E-state index contributed by atoms with van der Waals surface area (Å²) in [5.41, 5.74) is 8.85. The molecule has 1 aliphatic heterocycles. The Bertz CT molecular complexity index is 2210. The SMILES string of the molecule is [Ir].[c-]1ccc2c(oc3cc4c(cc32)Oc2ccccc2B4c2ccccc2)c1-c1ccccn1.[c-]1ccccc1-c1ccccn1. The Labute approximate surface area is 281 Å². The number of ether oxygens (including phenoxy) is 1. The molecule has 4 nitrogen and oxygen atoms in total. The maximum absolute atomic E-state index is 6.45. The number of pyridine rings is 2. The predicted octanol–water partition coefficient (Wildman–Crippen LogP) is 7.62. The smallest absolute Gasteiger partial charge is 0.251 e. The Morgan fingerprint density at radius 1 is 0.565 bits per heavy atom. The molecule has 221 valence electrons. The molecule has 0 saturated carbocycles. The van der Waals surface area contributed by atoms with Crippen molar-refractivity contribution in [1.82, 2.24) is 9.97 Å². The van der Waals surface area contributed by atoms with Gasteiger partial charge in [0.15, 0.2) is 0 Å². The number of furan rings is 1. The van der Waals surface area contributed by atoms with Crippen molar-refractivity contribution in [3.05, 3.63) is 164 Å². The van der Waals surface area contributed by atoms with Crippen LogP contribution in [0.3, 0.4) is 0 Å². The van der Waals surface area contributed by atoms with Crippen LogP contribution in [0.1, 0.15) is 0 Å². The van der Waals surface area contributed by atoms with Crippen LogP contribution in [0.2, 0.25) is 0 Å². The summed E-state index contributed by atoms with van der Waals surface area (Å²) in [6.07, 6.45) is 3.58. The first kappa shape index (κ1) is 29.4. The van der Waals surface area contributed by atoms with E-state index in [1.54, 1.807) is 12.4 Å². The minimum atomic E-state index is 0. The van der Waals surface area contributed by atoms with Gasteiger partial charge in [0.2, 0.25) is 0 Å². The van der Waals surface area contributed by atoms with Gasteiger partial charge >= 0.3 is 0 Å². The molecule has 1 radical (unpaired) electrons. The molecule has 1 aliphatic rings. The fraction of sp³-hybridized carbons (Fsp3) is 0. The molecule has 0 unspecified atom stereocenters. The molecule has 0 N–H and O–H groups in total. The number of benzene rings is 5. The quantitative estimate of drug-likeness (QED) is 0.137. The van der Waals surface area contributed by atoms with E-state index in [2.05, 4.69) is 70.6 Å². The van der Waals surface area contributed by atoms with E-state index in [-0.39, 0.29) is 26.8 Å². The Balaban J connectivity index is 0.000000220. The van der Waals surface area contributed by atoms with Crippen LogP contribution in [-0.2, 0) is 20.1 Å². The van der Waals surface area contributed by atoms with Crippen molar-refractivity contribution < 1.29 is 29.3 Å². The zero-order valence-electron chi connectivity index (χ0n) is 24.6. The molecule has 9 rings (SSSR count). The summed E-state index contributed by atoms with van der Waals surface area (Å²) < 4.78 is 12.9. The summed E-state index contributed by atoms with van der Waals surface area (Å²) in [4.78, 5) is 8.73. The van der Waals surface area contributed by atoms with Gasteiger partial charge in [-0.1, -0.05) is 89.2 Å². The van der Waals surface area contributed by atoms with Crippen molar-refractivity contribution in [3.63, 3.8) is 0 Å². The van der Waals surface area contributed by atoms with Gasteiger partial charge in [-0.2, -0.15) is 0 Å². The van der Waals surface area contributed by atoms with Crippen LogP contribution in [-0.4, -0.2) is 16.7 Å². The maximum Gasteiger partial charge on any atom is 0.251 e. The molecule has 4 heterocycles. The van der Waals surface area contributed by atoms with E-state index in [0.717, 1.165) is 66.9 Å². The molecule has 0 aliphatic carbocycles. The van der Waals surface area contributed by atoms with Crippen LogP contribution < -0.4 is 21.1 Å². The van der Waals surface area contributed by atoms with Gasteiger partial charge in [-0.15, -0.1) is 54.1 Å². The van der Waals surface area contributed by atoms with Gasteiger partial charge in [0, 0.05) is 37.9 Å². The summed E-state index contributed by atoms with van der Waals surface area (Å²) in [6, 6.07) is 53.1. The third kappa shape index (κ3) is 5.54. The second-order valence-corrected chi connectivity index (χ2v) is 10.8. The molecule has 8 aromatic rings. The number of aromatic nitrogens is 2. The average molecular weight is 769 g/mol. The molecule has 0 saturated heterocycles. The van der Waals surface area contributed by atoms with Crippen LogP contribution >= 0.6 is 0 Å². The fourth-order valence-corrected chi connectivity index (χ4v) is 5.98. The molecule has 0 fully saturated rings. The normalized spacial score (nSPS) is 11.4. The summed E-state index contributed by atoms with van der Waals surface area (Å²) in [5.74, 6) is 1.76. The number of nitrogens with zero attached hydrogens (tertiary/aromatic N) is 2. The van der Waals surface area contributed by atoms with Crippen LogP contribution in [0.5, 0.6) is 11.5 Å². The van der Waals surface area contributed by atoms with Gasteiger partial charge in [0.1, 0.15) is 17.1 Å². The maximum atomic E-state index is 6.45. The summed E-state index contributed by atoms with van der Waals surface area (Å²) >= 11 is 0. The van der Waals surface area contributed by atoms with Crippen molar-refractivity contribution in [2.75, 3.05) is 0 Å². The van der Waals surface area contributed by atoms with Crippen LogP contribution in [0, 0.1) is 12.1 Å². The number of hydrogen-bond acceptors (Lipinski definition) is 4. The standard InChI is InChI=1S/C29H17BNO2.C11H8N.Ir/c1-2-9-19(10-3-1)30-23-13-4-5-15-26(23)32-28-17-22-20-11-8-12-21(25-14-6-7-16-31-25)29(20)33-27(22)18-24(28)30;1-2-6-10(7-3-1)11-8-4-5-9-12-11;/h1-11,13-18H;1-6,8-9H;/q2*-1;. The van der Waals surface area contributed by atoms with Gasteiger partial charge in [-0.3, -0.25) is 0 Å². The zero-order valence-corrected chi connectivity index (χ0v) is 27.0. The van der Waals surface area contributed by atoms with Crippen molar-refractivity contribution in [2.45, 2.75) is 0 Å². The van der Waals surface area contributed by atoms with E-state index in [1.165, 1.54) is 5.46 Å². The van der Waals surface area contributed by atoms with E-state index >= 15 is 0 Å². The number of fused-ring (bicyclic) bond motifs is 5. The summed E-state index contributed by atoms with van der Waals surface area (Å²) in [6.45, 7) is 0.0746. The van der Waals surface area contributed by atoms with Crippen LogP contribution in [0.25, 0.3) is 44.5 Å². The van der Waals surface area contributed by atoms with Crippen molar-refractivity contribution in [3.8, 4) is 34.0 Å². The number of hydrogen-bond donors (Lipinski definition) is 0. The Hall–Kier alpha value is -5.29. The molecule has 0 amide bonds. The molecular weight excluding hydrogens is 743 g/mol. The van der Waals surface area contributed by atoms with E-state index < -0.39 is 0 Å². The van der Waals surface area contributed by atoms with E-state index in [0.29, 0.717) is 0 Å². The molecule has 5 aromatic carbocycles. The van der Waals surface area contributed by atoms with Gasteiger partial charge in [-0.05, 0) is 52.6 Å². The van der Waals surface area contributed by atoms with E-state index in [9.17, 15) is 0 Å². The Morgan fingerprint density at radius 2 is 1.30 bits per heavy atom. The molecule has 0 bridgehead atoms. The van der Waals surface area contributed by atoms with Gasteiger partial charge in [0.25, 0.3) is 6.71 Å². The molecular formula is C40H25BIrN2O2-2. The Morgan fingerprint density at radius 3 is 2.07 bits per heavy atom. The minimum Gasteiger partial charge on any atom is -0.501 e. The first-order valence-corrected chi connectivity index (χ1v) is 14.9. The van der Waals surface area contributed by atoms with Gasteiger partial charge < -0.3 is 19.1 Å². The zero-order chi connectivity index (χ0) is 30.0. The monoisotopic (exact) mass is 769 g/mol. The third-order valence-corrected chi connectivity index (χ3v) is 8.03. The van der Waals surface area contributed by atoms with Crippen LogP contribution in [0.4, 0.5) is 0 Å². The van der Waals surface area contributed by atoms with Gasteiger partial charge in [-0.25, -0.2) is 0 Å². The second-order valence-electron chi connectivity index (χ2n) is 10.8. The topological polar surface area (TPSA) is 48.2 Å². The molecule has 6 heteroatoms. The second kappa shape index (κ2) is 13.0. The van der Waals surface area contributed by atoms with Crippen LogP contribution in [0.15, 0.2) is 156 Å². The predicted molar refractivity (Wildman–Crippen MR) is 182 cm³/mol. The summed E-state index contributed by atoms with van der Waals surface area (Å²) in [5, 5.41) is 2.06. The first-order valence-electron chi connectivity index (χ1n) is 14.9. The fourth-order valence-electron chi connectivity index (χ4n) is 5.98. The van der Waals surface area contributed by atoms with Crippen molar-refractivity contribution in [2.24, 2.45) is 0 Å². The molecule has 46 heavy (non-hydrogen) atoms. The third-order valence-electron chi connectivity index (χ3n) is 8.03. The van der Waals surface area contributed by atoms with E-state index in [4.69, 9.17) is 9.15 Å². The molecule has 0 spiro atoms. The first-order chi connectivity index (χ1) is 22.3. The van der Waals surface area contributed by atoms with Crippen molar-refractivity contribution in [1.29, 1.82) is 0 Å². The largest absolute Gasteiger partial charge is 0.501 e. The molecule has 0 atom stereocenters. The molecule has 3 aromatic heterocycles. The number of para-hydroxylation sites is 1. The van der Waals surface area contributed by atoms with E-state index in [1.807, 2.05) is 91.0 Å².